The second-order valence-corrected chi connectivity index (χ2v) is 16.9. The standard InChI is InChI=1S/C38H56O14/c1-18-32(52-34-31(44)30(43)29(42)25(16-39)51-34)24(46-5)15-28(48-18)50-23-8-10-36(3)22(33(23)49-19(2)40)7-13-38-12-6-21(20-14-27(41)47-17-20)37(4,35(38)45)11-9-26(36)38/h14,18,21-26,28-34,39,42-44H,6-13,15-17H2,1-5H3/t18-,21-,22+,23+,24-,25-,26-,28-,29-,30+,31-,32-,33-,34+,36+,37-,38+/m1/s1. The van der Waals surface area contributed by atoms with Crippen molar-refractivity contribution in [1.29, 1.82) is 0 Å². The van der Waals surface area contributed by atoms with E-state index in [4.69, 9.17) is 33.2 Å². The number of esters is 2. The molecule has 7 rings (SSSR count). The van der Waals surface area contributed by atoms with Crippen molar-refractivity contribution in [3.8, 4) is 0 Å². The van der Waals surface area contributed by atoms with Crippen LogP contribution in [-0.2, 0) is 47.5 Å². The number of carbonyl (C=O) groups is 3. The zero-order valence-electron chi connectivity index (χ0n) is 30.8. The molecule has 2 saturated heterocycles. The molecule has 0 aromatic rings. The summed E-state index contributed by atoms with van der Waals surface area (Å²) in [6.45, 7) is 7.26. The Morgan fingerprint density at radius 1 is 0.923 bits per heavy atom. The van der Waals surface area contributed by atoms with Crippen LogP contribution in [0.15, 0.2) is 11.6 Å². The SMILES string of the molecule is CO[C@@H]1C[C@@H](O[C@H]2CC[C@@]3(C)[C@@H](CC[C@@]45CC[C@H](C6=CC(=O)OC6)[C@@](C)(CC[C@@H]43)C5=O)[C@H]2OC(C)=O)O[C@H](C)[C@H]1O[C@@H]1O[C@H](CO)[C@@H](O)[C@H](O)[C@H]1O. The molecule has 292 valence electrons. The van der Waals surface area contributed by atoms with Gasteiger partial charge in [-0.1, -0.05) is 13.8 Å². The van der Waals surface area contributed by atoms with Crippen LogP contribution in [0.1, 0.15) is 85.5 Å². The molecular formula is C38H56O14. The maximum absolute atomic E-state index is 14.7. The van der Waals surface area contributed by atoms with Gasteiger partial charge in [-0.05, 0) is 81.1 Å². The van der Waals surface area contributed by atoms with Gasteiger partial charge in [0.1, 0.15) is 49.0 Å². The minimum Gasteiger partial charge on any atom is -0.459 e. The second-order valence-electron chi connectivity index (χ2n) is 16.9. The molecule has 52 heavy (non-hydrogen) atoms. The van der Waals surface area contributed by atoms with Gasteiger partial charge in [0.2, 0.25) is 0 Å². The summed E-state index contributed by atoms with van der Waals surface area (Å²) in [5.41, 5.74) is -0.293. The largest absolute Gasteiger partial charge is 0.459 e. The fourth-order valence-corrected chi connectivity index (χ4v) is 11.8. The van der Waals surface area contributed by atoms with Gasteiger partial charge in [0.15, 0.2) is 12.6 Å². The normalized spacial score (nSPS) is 50.4. The fraction of sp³-hybridized carbons (Fsp3) is 0.868. The van der Waals surface area contributed by atoms with Crippen molar-refractivity contribution >= 4 is 17.7 Å². The molecule has 0 unspecified atom stereocenters. The number of ether oxygens (including phenoxy) is 7. The Morgan fingerprint density at radius 2 is 1.67 bits per heavy atom. The van der Waals surface area contributed by atoms with Gasteiger partial charge in [0.05, 0.1) is 24.9 Å². The molecule has 6 fully saturated rings. The first-order valence-corrected chi connectivity index (χ1v) is 19.1. The molecule has 17 atom stereocenters. The number of carbonyl (C=O) groups excluding carboxylic acids is 3. The van der Waals surface area contributed by atoms with E-state index in [1.54, 1.807) is 13.0 Å². The first-order chi connectivity index (χ1) is 24.7. The lowest BCUT2D eigenvalue weighted by molar-refractivity contribution is -0.347. The first kappa shape index (κ1) is 38.3. The Kier molecular flexibility index (Phi) is 10.5. The minimum absolute atomic E-state index is 0.0116. The number of hydrogen-bond donors (Lipinski definition) is 4. The molecule has 0 radical (unpaired) electrons. The highest BCUT2D eigenvalue weighted by Crippen LogP contribution is 2.70. The van der Waals surface area contributed by atoms with Gasteiger partial charge >= 0.3 is 11.9 Å². The summed E-state index contributed by atoms with van der Waals surface area (Å²) in [5.74, 6) is -0.263. The Labute approximate surface area is 304 Å². The maximum atomic E-state index is 14.7. The highest BCUT2D eigenvalue weighted by Gasteiger charge is 2.69. The van der Waals surface area contributed by atoms with Crippen LogP contribution in [0.4, 0.5) is 0 Å². The molecule has 2 bridgehead atoms. The summed E-state index contributed by atoms with van der Waals surface area (Å²) in [6.07, 6.45) is -2.84. The quantitative estimate of drug-likeness (QED) is 0.208. The molecule has 3 aliphatic heterocycles. The van der Waals surface area contributed by atoms with Gasteiger partial charge in [-0.3, -0.25) is 9.59 Å². The number of methoxy groups -OCH3 is 1. The highest BCUT2D eigenvalue weighted by atomic mass is 16.7. The Bertz CT molecular complexity index is 1420. The average Bonchev–Trinajstić information content (AvgIpc) is 3.53. The van der Waals surface area contributed by atoms with E-state index in [-0.39, 0.29) is 42.2 Å². The predicted molar refractivity (Wildman–Crippen MR) is 179 cm³/mol. The van der Waals surface area contributed by atoms with Gasteiger partial charge in [-0.25, -0.2) is 4.79 Å². The summed E-state index contributed by atoms with van der Waals surface area (Å²) in [5, 5.41) is 40.6. The smallest absolute Gasteiger partial charge is 0.331 e. The number of hydrogen-bond acceptors (Lipinski definition) is 14. The molecule has 14 heteroatoms. The van der Waals surface area contributed by atoms with Crippen molar-refractivity contribution < 1.29 is 68.0 Å². The van der Waals surface area contributed by atoms with E-state index in [1.807, 2.05) is 0 Å². The molecule has 4 saturated carbocycles. The topological polar surface area (TPSA) is 197 Å². The summed E-state index contributed by atoms with van der Waals surface area (Å²) in [6, 6.07) is 0. The summed E-state index contributed by atoms with van der Waals surface area (Å²) in [4.78, 5) is 39.3. The van der Waals surface area contributed by atoms with E-state index >= 15 is 0 Å². The Hall–Kier alpha value is -2.01. The average molecular weight is 737 g/mol. The molecule has 4 N–H and O–H groups in total. The Balaban J connectivity index is 1.05. The van der Waals surface area contributed by atoms with Gasteiger partial charge < -0.3 is 53.6 Å². The molecule has 3 heterocycles. The zero-order valence-corrected chi connectivity index (χ0v) is 30.8. The van der Waals surface area contributed by atoms with Gasteiger partial charge in [-0.2, -0.15) is 0 Å². The molecule has 1 spiro atoms. The van der Waals surface area contributed by atoms with Crippen LogP contribution < -0.4 is 0 Å². The molecular weight excluding hydrogens is 680 g/mol. The van der Waals surface area contributed by atoms with E-state index in [2.05, 4.69) is 13.8 Å². The number of ketones is 1. The van der Waals surface area contributed by atoms with Crippen molar-refractivity contribution in [3.63, 3.8) is 0 Å². The lowest BCUT2D eigenvalue weighted by Crippen LogP contribution is -2.67. The van der Waals surface area contributed by atoms with Crippen LogP contribution in [0.3, 0.4) is 0 Å². The third-order valence-electron chi connectivity index (χ3n) is 14.3. The number of rotatable bonds is 8. The van der Waals surface area contributed by atoms with Crippen molar-refractivity contribution in [2.75, 3.05) is 20.3 Å². The molecule has 0 amide bonds. The van der Waals surface area contributed by atoms with Crippen molar-refractivity contribution in [1.82, 2.24) is 0 Å². The van der Waals surface area contributed by atoms with Crippen molar-refractivity contribution in [2.45, 2.75) is 153 Å². The number of cyclic esters (lactones) is 1. The van der Waals surface area contributed by atoms with E-state index in [1.165, 1.54) is 14.0 Å². The summed E-state index contributed by atoms with van der Waals surface area (Å²) < 4.78 is 41.8. The first-order valence-electron chi connectivity index (χ1n) is 19.1. The van der Waals surface area contributed by atoms with Crippen LogP contribution >= 0.6 is 0 Å². The van der Waals surface area contributed by atoms with Gasteiger partial charge in [-0.15, -0.1) is 0 Å². The van der Waals surface area contributed by atoms with Crippen LogP contribution in [0.2, 0.25) is 0 Å². The molecule has 14 nitrogen and oxygen atoms in total. The monoisotopic (exact) mass is 736 g/mol. The van der Waals surface area contributed by atoms with Crippen LogP contribution in [0.5, 0.6) is 0 Å². The number of aliphatic hydroxyl groups excluding tert-OH is 4. The van der Waals surface area contributed by atoms with E-state index in [0.717, 1.165) is 50.5 Å². The van der Waals surface area contributed by atoms with Crippen LogP contribution in [0.25, 0.3) is 0 Å². The lowest BCUT2D eigenvalue weighted by atomic mass is 9.37. The van der Waals surface area contributed by atoms with E-state index in [0.29, 0.717) is 12.2 Å². The molecule has 0 aromatic heterocycles. The number of Topliss-reactive ketones (excluding diaryl/α,β-unsaturated/α-hetero) is 1. The predicted octanol–water partition coefficient (Wildman–Crippen LogP) is 1.71. The Morgan fingerprint density at radius 3 is 2.35 bits per heavy atom. The van der Waals surface area contributed by atoms with Crippen LogP contribution in [-0.4, -0.2) is 126 Å². The van der Waals surface area contributed by atoms with E-state index in [9.17, 15) is 34.8 Å². The third kappa shape index (κ3) is 6.18. The maximum Gasteiger partial charge on any atom is 0.331 e. The summed E-state index contributed by atoms with van der Waals surface area (Å²) in [7, 11) is 1.52. The number of aliphatic hydroxyl groups is 4. The summed E-state index contributed by atoms with van der Waals surface area (Å²) >= 11 is 0. The number of fused-ring (bicyclic) bond motifs is 3. The van der Waals surface area contributed by atoms with Crippen molar-refractivity contribution in [2.24, 2.45) is 34.0 Å². The highest BCUT2D eigenvalue weighted by molar-refractivity contribution is 5.94. The molecule has 4 aliphatic carbocycles. The zero-order chi connectivity index (χ0) is 37.3. The third-order valence-corrected chi connectivity index (χ3v) is 14.3. The van der Waals surface area contributed by atoms with Crippen LogP contribution in [0, 0.1) is 34.0 Å². The fourth-order valence-electron chi connectivity index (χ4n) is 11.8. The minimum atomic E-state index is -1.58. The molecule has 0 aromatic carbocycles. The molecule has 7 aliphatic rings. The van der Waals surface area contributed by atoms with E-state index < -0.39 is 90.9 Å². The lowest BCUT2D eigenvalue weighted by Gasteiger charge is -2.67. The van der Waals surface area contributed by atoms with Gasteiger partial charge in [0.25, 0.3) is 0 Å². The van der Waals surface area contributed by atoms with Crippen molar-refractivity contribution in [3.05, 3.63) is 11.6 Å². The second kappa shape index (κ2) is 14.2. The van der Waals surface area contributed by atoms with Gasteiger partial charge in [0, 0.05) is 43.3 Å².